The number of benzene rings is 1. The summed E-state index contributed by atoms with van der Waals surface area (Å²) < 4.78 is 5.84. The normalized spacial score (nSPS) is 11.0. The van der Waals surface area contributed by atoms with E-state index < -0.39 is 0 Å². The Morgan fingerprint density at radius 3 is 2.48 bits per heavy atom. The van der Waals surface area contributed by atoms with E-state index in [1.807, 2.05) is 42.7 Å². The van der Waals surface area contributed by atoms with Crippen LogP contribution in [0.5, 0.6) is 0 Å². The first kappa shape index (κ1) is 15.9. The van der Waals surface area contributed by atoms with Gasteiger partial charge in [0.1, 0.15) is 5.76 Å². The molecule has 0 unspecified atom stereocenters. The molecular weight excluding hydrogens is 352 g/mol. The summed E-state index contributed by atoms with van der Waals surface area (Å²) in [7, 11) is 0. The maximum absolute atomic E-state index is 5.84. The van der Waals surface area contributed by atoms with Gasteiger partial charge in [-0.3, -0.25) is 4.98 Å². The van der Waals surface area contributed by atoms with Crippen LogP contribution in [-0.4, -0.2) is 9.97 Å². The van der Waals surface area contributed by atoms with E-state index in [9.17, 15) is 0 Å². The molecule has 1 aromatic carbocycles. The standard InChI is InChI=1S/C23H16N2OS/c1-2-7-16(8-3-1)17-15-25-23(18-9-4-12-24-18)22(19-10-5-13-26-19)21(17)20-11-6-14-27-20/h1-15,24H. The summed E-state index contributed by atoms with van der Waals surface area (Å²) in [6.45, 7) is 0. The zero-order valence-corrected chi connectivity index (χ0v) is 15.2. The molecule has 3 nitrogen and oxygen atoms in total. The number of hydrogen-bond donors (Lipinski definition) is 1. The highest BCUT2D eigenvalue weighted by Crippen LogP contribution is 2.45. The molecule has 0 spiro atoms. The van der Waals surface area contributed by atoms with Crippen molar-refractivity contribution in [2.24, 2.45) is 0 Å². The van der Waals surface area contributed by atoms with E-state index in [1.165, 1.54) is 4.88 Å². The number of pyridine rings is 1. The third-order valence-corrected chi connectivity index (χ3v) is 5.44. The molecule has 0 saturated heterocycles. The molecule has 1 N–H and O–H groups in total. The van der Waals surface area contributed by atoms with Crippen LogP contribution in [0.4, 0.5) is 0 Å². The molecule has 5 aromatic rings. The maximum atomic E-state index is 5.84. The Labute approximate surface area is 161 Å². The van der Waals surface area contributed by atoms with Gasteiger partial charge in [-0.15, -0.1) is 11.3 Å². The van der Waals surface area contributed by atoms with Gasteiger partial charge < -0.3 is 9.40 Å². The van der Waals surface area contributed by atoms with Crippen LogP contribution in [0.2, 0.25) is 0 Å². The van der Waals surface area contributed by atoms with Crippen molar-refractivity contribution in [3.8, 4) is 44.3 Å². The van der Waals surface area contributed by atoms with E-state index in [0.717, 1.165) is 39.4 Å². The average Bonchev–Trinajstić information content (AvgIpc) is 3.51. The molecule has 4 heterocycles. The quantitative estimate of drug-likeness (QED) is 0.382. The SMILES string of the molecule is c1ccc(-c2cnc(-c3ccc[nH]3)c(-c3ccco3)c2-c2cccs2)cc1. The van der Waals surface area contributed by atoms with Gasteiger partial charge in [-0.05, 0) is 41.3 Å². The van der Waals surface area contributed by atoms with Gasteiger partial charge in [-0.1, -0.05) is 36.4 Å². The van der Waals surface area contributed by atoms with Gasteiger partial charge in [0.2, 0.25) is 0 Å². The molecule has 4 heteroatoms. The van der Waals surface area contributed by atoms with Crippen LogP contribution in [-0.2, 0) is 0 Å². The fourth-order valence-electron chi connectivity index (χ4n) is 3.37. The molecule has 5 rings (SSSR count). The van der Waals surface area contributed by atoms with E-state index in [-0.39, 0.29) is 0 Å². The van der Waals surface area contributed by atoms with Crippen LogP contribution in [0.15, 0.2) is 95.2 Å². The van der Waals surface area contributed by atoms with Gasteiger partial charge in [0.05, 0.1) is 23.2 Å². The van der Waals surface area contributed by atoms with Crippen molar-refractivity contribution >= 4 is 11.3 Å². The van der Waals surface area contributed by atoms with E-state index in [4.69, 9.17) is 9.40 Å². The number of aromatic nitrogens is 2. The summed E-state index contributed by atoms with van der Waals surface area (Å²) in [6, 6.07) is 22.5. The molecule has 0 atom stereocenters. The van der Waals surface area contributed by atoms with Crippen LogP contribution in [0.25, 0.3) is 44.3 Å². The van der Waals surface area contributed by atoms with Crippen molar-refractivity contribution in [3.05, 3.63) is 90.8 Å². The highest BCUT2D eigenvalue weighted by molar-refractivity contribution is 7.13. The molecule has 130 valence electrons. The van der Waals surface area contributed by atoms with Gasteiger partial charge in [0.25, 0.3) is 0 Å². The lowest BCUT2D eigenvalue weighted by atomic mass is 9.93. The molecule has 0 fully saturated rings. The molecule has 0 aliphatic heterocycles. The van der Waals surface area contributed by atoms with Crippen molar-refractivity contribution in [3.63, 3.8) is 0 Å². The summed E-state index contributed by atoms with van der Waals surface area (Å²) in [4.78, 5) is 9.31. The number of hydrogen-bond acceptors (Lipinski definition) is 3. The van der Waals surface area contributed by atoms with Crippen LogP contribution in [0.1, 0.15) is 0 Å². The van der Waals surface area contributed by atoms with E-state index in [1.54, 1.807) is 17.6 Å². The van der Waals surface area contributed by atoms with Gasteiger partial charge in [0, 0.05) is 28.4 Å². The Morgan fingerprint density at radius 2 is 1.78 bits per heavy atom. The van der Waals surface area contributed by atoms with Crippen LogP contribution in [0, 0.1) is 0 Å². The summed E-state index contributed by atoms with van der Waals surface area (Å²) in [6.07, 6.45) is 5.59. The predicted octanol–water partition coefficient (Wildman–Crippen LogP) is 6.73. The molecule has 4 aromatic heterocycles. The van der Waals surface area contributed by atoms with Crippen molar-refractivity contribution in [2.75, 3.05) is 0 Å². The van der Waals surface area contributed by atoms with Crippen molar-refractivity contribution in [1.29, 1.82) is 0 Å². The van der Waals surface area contributed by atoms with Crippen molar-refractivity contribution < 1.29 is 4.42 Å². The second-order valence-electron chi connectivity index (χ2n) is 6.17. The zero-order valence-electron chi connectivity index (χ0n) is 14.4. The summed E-state index contributed by atoms with van der Waals surface area (Å²) >= 11 is 1.72. The van der Waals surface area contributed by atoms with Crippen LogP contribution >= 0.6 is 11.3 Å². The minimum Gasteiger partial charge on any atom is -0.464 e. The first-order valence-electron chi connectivity index (χ1n) is 8.72. The summed E-state index contributed by atoms with van der Waals surface area (Å²) in [5.74, 6) is 0.813. The van der Waals surface area contributed by atoms with Crippen molar-refractivity contribution in [2.45, 2.75) is 0 Å². The van der Waals surface area contributed by atoms with Crippen LogP contribution in [0.3, 0.4) is 0 Å². The monoisotopic (exact) mass is 368 g/mol. The van der Waals surface area contributed by atoms with Crippen molar-refractivity contribution in [1.82, 2.24) is 9.97 Å². The van der Waals surface area contributed by atoms with Gasteiger partial charge in [-0.2, -0.15) is 0 Å². The summed E-state index contributed by atoms with van der Waals surface area (Å²) in [5, 5.41) is 2.10. The van der Waals surface area contributed by atoms with Gasteiger partial charge >= 0.3 is 0 Å². The minimum absolute atomic E-state index is 0.813. The van der Waals surface area contributed by atoms with E-state index >= 15 is 0 Å². The number of thiophene rings is 1. The third-order valence-electron chi connectivity index (χ3n) is 4.55. The highest BCUT2D eigenvalue weighted by atomic mass is 32.1. The first-order chi connectivity index (χ1) is 13.4. The Kier molecular flexibility index (Phi) is 3.96. The molecule has 27 heavy (non-hydrogen) atoms. The minimum atomic E-state index is 0.813. The second-order valence-corrected chi connectivity index (χ2v) is 7.12. The predicted molar refractivity (Wildman–Crippen MR) is 110 cm³/mol. The number of H-pyrrole nitrogens is 1. The van der Waals surface area contributed by atoms with Gasteiger partial charge in [-0.25, -0.2) is 0 Å². The Hall–Kier alpha value is -3.37. The third kappa shape index (κ3) is 2.80. The average molecular weight is 368 g/mol. The smallest absolute Gasteiger partial charge is 0.136 e. The molecule has 0 saturated carbocycles. The first-order valence-corrected chi connectivity index (χ1v) is 9.60. The molecular formula is C23H16N2OS. The Morgan fingerprint density at radius 1 is 0.852 bits per heavy atom. The lowest BCUT2D eigenvalue weighted by Crippen LogP contribution is -1.95. The zero-order chi connectivity index (χ0) is 18.1. The maximum Gasteiger partial charge on any atom is 0.136 e. The van der Waals surface area contributed by atoms with E-state index in [0.29, 0.717) is 0 Å². The fraction of sp³-hybridized carbons (Fsp3) is 0. The second kappa shape index (κ2) is 6.74. The number of rotatable bonds is 4. The molecule has 0 bridgehead atoms. The topological polar surface area (TPSA) is 41.8 Å². The molecule has 0 aliphatic carbocycles. The summed E-state index contributed by atoms with van der Waals surface area (Å²) in [5.41, 5.74) is 6.24. The molecule has 0 radical (unpaired) electrons. The van der Waals surface area contributed by atoms with Gasteiger partial charge in [0.15, 0.2) is 0 Å². The lowest BCUT2D eigenvalue weighted by Gasteiger charge is -2.16. The lowest BCUT2D eigenvalue weighted by molar-refractivity contribution is 0.582. The number of nitrogens with one attached hydrogen (secondary N) is 1. The van der Waals surface area contributed by atoms with E-state index in [2.05, 4.69) is 46.8 Å². The Balaban J connectivity index is 1.89. The molecule has 0 amide bonds. The number of aromatic amines is 1. The van der Waals surface area contributed by atoms with Crippen LogP contribution < -0.4 is 0 Å². The fourth-order valence-corrected chi connectivity index (χ4v) is 4.16. The number of nitrogens with zero attached hydrogens (tertiary/aromatic N) is 1. The molecule has 0 aliphatic rings. The Bertz CT molecular complexity index is 1140. The highest BCUT2D eigenvalue weighted by Gasteiger charge is 2.22. The number of furan rings is 1. The largest absolute Gasteiger partial charge is 0.464 e.